The van der Waals surface area contributed by atoms with Crippen LogP contribution in [0.25, 0.3) is 11.1 Å². The molecule has 3 nitrogen and oxygen atoms in total. The molecule has 0 fully saturated rings. The average molecular weight is 283 g/mol. The number of carboxylic acids is 1. The first kappa shape index (κ1) is 13.6. The molecule has 1 atom stereocenters. The van der Waals surface area contributed by atoms with Crippen molar-refractivity contribution in [2.75, 3.05) is 0 Å². The van der Waals surface area contributed by atoms with Crippen LogP contribution in [0.15, 0.2) is 29.6 Å². The molecule has 1 aromatic heterocycles. The van der Waals surface area contributed by atoms with Crippen LogP contribution in [0.1, 0.15) is 17.3 Å². The molecule has 0 amide bonds. The van der Waals surface area contributed by atoms with Crippen molar-refractivity contribution in [3.8, 4) is 11.1 Å². The third-order valence-electron chi connectivity index (χ3n) is 2.62. The lowest BCUT2D eigenvalue weighted by atomic mass is 10.1. The SMILES string of the molecule is N[C@@H](CC(=O)O)c1cc(-c2ccc(F)cc2F)cs1. The number of hydrogen-bond donors (Lipinski definition) is 2. The summed E-state index contributed by atoms with van der Waals surface area (Å²) in [5, 5.41) is 10.3. The summed E-state index contributed by atoms with van der Waals surface area (Å²) in [5.41, 5.74) is 6.56. The zero-order valence-corrected chi connectivity index (χ0v) is 10.6. The lowest BCUT2D eigenvalue weighted by molar-refractivity contribution is -0.137. The Bertz CT molecular complexity index is 612. The first-order chi connectivity index (χ1) is 8.97. The Kier molecular flexibility index (Phi) is 3.92. The molecule has 0 aliphatic heterocycles. The number of carbonyl (C=O) groups is 1. The highest BCUT2D eigenvalue weighted by atomic mass is 32.1. The van der Waals surface area contributed by atoms with Crippen LogP contribution in [0.3, 0.4) is 0 Å². The number of hydrogen-bond acceptors (Lipinski definition) is 3. The van der Waals surface area contributed by atoms with Gasteiger partial charge in [0.1, 0.15) is 11.6 Å². The average Bonchev–Trinajstić information content (AvgIpc) is 2.77. The van der Waals surface area contributed by atoms with Crippen LogP contribution in [-0.4, -0.2) is 11.1 Å². The van der Waals surface area contributed by atoms with Gasteiger partial charge in [0.05, 0.1) is 6.42 Å². The first-order valence-corrected chi connectivity index (χ1v) is 6.36. The zero-order chi connectivity index (χ0) is 14.0. The van der Waals surface area contributed by atoms with Crippen molar-refractivity contribution < 1.29 is 18.7 Å². The maximum atomic E-state index is 13.6. The summed E-state index contributed by atoms with van der Waals surface area (Å²) < 4.78 is 26.4. The van der Waals surface area contributed by atoms with Crippen molar-refractivity contribution in [3.63, 3.8) is 0 Å². The molecule has 2 rings (SSSR count). The van der Waals surface area contributed by atoms with E-state index in [-0.39, 0.29) is 12.0 Å². The van der Waals surface area contributed by atoms with E-state index in [1.165, 1.54) is 23.5 Å². The fraction of sp³-hybridized carbons (Fsp3) is 0.154. The lowest BCUT2D eigenvalue weighted by Crippen LogP contribution is -2.13. The van der Waals surface area contributed by atoms with Crippen LogP contribution >= 0.6 is 11.3 Å². The van der Waals surface area contributed by atoms with E-state index >= 15 is 0 Å². The van der Waals surface area contributed by atoms with E-state index in [9.17, 15) is 13.6 Å². The summed E-state index contributed by atoms with van der Waals surface area (Å²) in [6, 6.07) is 4.34. The smallest absolute Gasteiger partial charge is 0.305 e. The van der Waals surface area contributed by atoms with Gasteiger partial charge in [-0.1, -0.05) is 0 Å². The molecule has 1 heterocycles. The van der Waals surface area contributed by atoms with Crippen molar-refractivity contribution in [2.45, 2.75) is 12.5 Å². The van der Waals surface area contributed by atoms with Crippen LogP contribution in [-0.2, 0) is 4.79 Å². The Labute approximate surface area is 112 Å². The minimum Gasteiger partial charge on any atom is -0.481 e. The number of carboxylic acid groups (broad SMARTS) is 1. The minimum atomic E-state index is -0.990. The van der Waals surface area contributed by atoms with Crippen LogP contribution in [0.5, 0.6) is 0 Å². The Morgan fingerprint density at radius 1 is 1.37 bits per heavy atom. The molecule has 0 spiro atoms. The van der Waals surface area contributed by atoms with Gasteiger partial charge in [-0.15, -0.1) is 11.3 Å². The number of thiophene rings is 1. The van der Waals surface area contributed by atoms with Gasteiger partial charge in [-0.3, -0.25) is 4.79 Å². The van der Waals surface area contributed by atoms with Gasteiger partial charge in [-0.05, 0) is 29.1 Å². The maximum Gasteiger partial charge on any atom is 0.305 e. The number of nitrogens with two attached hydrogens (primary N) is 1. The molecule has 0 saturated carbocycles. The van der Waals surface area contributed by atoms with E-state index in [2.05, 4.69) is 0 Å². The van der Waals surface area contributed by atoms with Crippen molar-refractivity contribution in [1.29, 1.82) is 0 Å². The maximum absolute atomic E-state index is 13.6. The molecule has 0 saturated heterocycles. The Morgan fingerprint density at radius 3 is 2.74 bits per heavy atom. The largest absolute Gasteiger partial charge is 0.481 e. The van der Waals surface area contributed by atoms with Gasteiger partial charge in [0, 0.05) is 22.5 Å². The molecule has 6 heteroatoms. The highest BCUT2D eigenvalue weighted by Crippen LogP contribution is 2.31. The summed E-state index contributed by atoms with van der Waals surface area (Å²) in [6.07, 6.45) is -0.189. The number of halogens is 2. The van der Waals surface area contributed by atoms with E-state index in [0.717, 1.165) is 6.07 Å². The van der Waals surface area contributed by atoms with Gasteiger partial charge in [0.2, 0.25) is 0 Å². The van der Waals surface area contributed by atoms with Gasteiger partial charge >= 0.3 is 5.97 Å². The number of rotatable bonds is 4. The highest BCUT2D eigenvalue weighted by Gasteiger charge is 2.15. The van der Waals surface area contributed by atoms with Gasteiger partial charge in [-0.25, -0.2) is 8.78 Å². The summed E-state index contributed by atoms with van der Waals surface area (Å²) in [5.74, 6) is -2.29. The second kappa shape index (κ2) is 5.46. The summed E-state index contributed by atoms with van der Waals surface area (Å²) >= 11 is 1.26. The van der Waals surface area contributed by atoms with Gasteiger partial charge in [0.25, 0.3) is 0 Å². The fourth-order valence-electron chi connectivity index (χ4n) is 1.70. The molecule has 0 radical (unpaired) electrons. The van der Waals surface area contributed by atoms with Crippen LogP contribution < -0.4 is 5.73 Å². The zero-order valence-electron chi connectivity index (χ0n) is 9.77. The van der Waals surface area contributed by atoms with E-state index in [0.29, 0.717) is 10.4 Å². The van der Waals surface area contributed by atoms with Crippen LogP contribution in [0, 0.1) is 11.6 Å². The Balaban J connectivity index is 2.28. The third kappa shape index (κ3) is 3.15. The molecular formula is C13H11F2NO2S. The second-order valence-electron chi connectivity index (χ2n) is 4.07. The van der Waals surface area contributed by atoms with E-state index in [1.807, 2.05) is 0 Å². The van der Waals surface area contributed by atoms with Crippen molar-refractivity contribution in [2.24, 2.45) is 5.73 Å². The molecular weight excluding hydrogens is 272 g/mol. The molecule has 0 aliphatic carbocycles. The standard InChI is InChI=1S/C13H11F2NO2S/c14-8-1-2-9(10(15)4-8)7-3-12(19-6-7)11(16)5-13(17)18/h1-4,6,11H,5,16H2,(H,17,18)/t11-/m0/s1. The topological polar surface area (TPSA) is 63.3 Å². The van der Waals surface area contributed by atoms with Gasteiger partial charge < -0.3 is 10.8 Å². The van der Waals surface area contributed by atoms with Crippen LogP contribution in [0.2, 0.25) is 0 Å². The van der Waals surface area contributed by atoms with E-state index in [4.69, 9.17) is 10.8 Å². The highest BCUT2D eigenvalue weighted by molar-refractivity contribution is 7.10. The quantitative estimate of drug-likeness (QED) is 0.906. The van der Waals surface area contributed by atoms with Crippen molar-refractivity contribution in [1.82, 2.24) is 0 Å². The van der Waals surface area contributed by atoms with Gasteiger partial charge in [-0.2, -0.15) is 0 Å². The second-order valence-corrected chi connectivity index (χ2v) is 5.01. The number of benzene rings is 1. The summed E-state index contributed by atoms with van der Waals surface area (Å²) in [7, 11) is 0. The predicted octanol–water partition coefficient (Wildman–Crippen LogP) is 3.17. The predicted molar refractivity (Wildman–Crippen MR) is 68.9 cm³/mol. The Hall–Kier alpha value is -1.79. The van der Waals surface area contributed by atoms with Crippen molar-refractivity contribution >= 4 is 17.3 Å². The third-order valence-corrected chi connectivity index (χ3v) is 3.69. The molecule has 100 valence electrons. The van der Waals surface area contributed by atoms with Gasteiger partial charge in [0.15, 0.2) is 0 Å². The Morgan fingerprint density at radius 2 is 2.11 bits per heavy atom. The summed E-state index contributed by atoms with van der Waals surface area (Å²) in [6.45, 7) is 0. The fourth-order valence-corrected chi connectivity index (χ4v) is 2.61. The molecule has 1 aromatic carbocycles. The first-order valence-electron chi connectivity index (χ1n) is 5.48. The minimum absolute atomic E-state index is 0.189. The normalized spacial score (nSPS) is 12.4. The molecule has 2 aromatic rings. The molecule has 0 bridgehead atoms. The van der Waals surface area contributed by atoms with Crippen LogP contribution in [0.4, 0.5) is 8.78 Å². The molecule has 0 unspecified atom stereocenters. The monoisotopic (exact) mass is 283 g/mol. The van der Waals surface area contributed by atoms with E-state index in [1.54, 1.807) is 11.4 Å². The van der Waals surface area contributed by atoms with E-state index < -0.39 is 23.6 Å². The van der Waals surface area contributed by atoms with Crippen molar-refractivity contribution in [3.05, 3.63) is 46.2 Å². The molecule has 0 aliphatic rings. The summed E-state index contributed by atoms with van der Waals surface area (Å²) in [4.78, 5) is 11.2. The molecule has 19 heavy (non-hydrogen) atoms. The number of aliphatic carboxylic acids is 1. The lowest BCUT2D eigenvalue weighted by Gasteiger charge is -2.05. The molecule has 3 N–H and O–H groups in total.